The summed E-state index contributed by atoms with van der Waals surface area (Å²) in [6.45, 7) is 7.44. The van der Waals surface area contributed by atoms with Gasteiger partial charge in [0, 0.05) is 29.9 Å². The molecule has 1 heterocycles. The van der Waals surface area contributed by atoms with Crippen LogP contribution in [0.25, 0.3) is 0 Å². The van der Waals surface area contributed by atoms with E-state index >= 15 is 0 Å². The van der Waals surface area contributed by atoms with E-state index in [4.69, 9.17) is 11.6 Å². The molecule has 0 unspecified atom stereocenters. The van der Waals surface area contributed by atoms with Gasteiger partial charge in [-0.3, -0.25) is 9.59 Å². The van der Waals surface area contributed by atoms with Gasteiger partial charge < -0.3 is 15.7 Å². The van der Waals surface area contributed by atoms with Crippen LogP contribution in [0.15, 0.2) is 49.6 Å². The van der Waals surface area contributed by atoms with Crippen LogP contribution in [0.5, 0.6) is 0 Å². The van der Waals surface area contributed by atoms with Gasteiger partial charge in [-0.15, -0.1) is 13.2 Å². The fourth-order valence-corrected chi connectivity index (χ4v) is 3.77. The highest BCUT2D eigenvalue weighted by atomic mass is 35.5. The number of amides is 2. The first-order valence-electron chi connectivity index (χ1n) is 9.56. The third-order valence-corrected chi connectivity index (χ3v) is 5.44. The third kappa shape index (κ3) is 6.50. The topological polar surface area (TPSA) is 78.4 Å². The van der Waals surface area contributed by atoms with Crippen LogP contribution in [0.1, 0.15) is 44.1 Å². The molecule has 0 saturated carbocycles. The van der Waals surface area contributed by atoms with E-state index in [0.717, 1.165) is 5.56 Å². The van der Waals surface area contributed by atoms with E-state index < -0.39 is 11.1 Å². The number of benzene rings is 1. The largest absolute Gasteiger partial charge is 0.387 e. The molecule has 1 aromatic rings. The van der Waals surface area contributed by atoms with E-state index in [1.807, 2.05) is 24.3 Å². The van der Waals surface area contributed by atoms with Crippen molar-refractivity contribution < 1.29 is 14.7 Å². The van der Waals surface area contributed by atoms with Gasteiger partial charge in [-0.2, -0.15) is 0 Å². The number of rotatable bonds is 11. The van der Waals surface area contributed by atoms with Crippen molar-refractivity contribution in [1.82, 2.24) is 10.6 Å². The molecule has 0 aliphatic carbocycles. The van der Waals surface area contributed by atoms with Gasteiger partial charge in [0.05, 0.1) is 5.60 Å². The molecule has 1 fully saturated rings. The fraction of sp³-hybridized carbons (Fsp3) is 0.455. The second-order valence-corrected chi connectivity index (χ2v) is 8.05. The van der Waals surface area contributed by atoms with Crippen LogP contribution in [0.4, 0.5) is 0 Å². The van der Waals surface area contributed by atoms with E-state index in [-0.39, 0.29) is 24.8 Å². The smallest absolute Gasteiger partial charge is 0.220 e. The van der Waals surface area contributed by atoms with Crippen molar-refractivity contribution in [3.63, 3.8) is 0 Å². The molecule has 0 spiro atoms. The molecule has 1 aliphatic rings. The van der Waals surface area contributed by atoms with Crippen molar-refractivity contribution in [3.8, 4) is 0 Å². The maximum absolute atomic E-state index is 12.4. The molecule has 1 atom stereocenters. The average molecular weight is 405 g/mol. The van der Waals surface area contributed by atoms with Crippen LogP contribution in [-0.4, -0.2) is 34.6 Å². The zero-order valence-electron chi connectivity index (χ0n) is 16.2. The quantitative estimate of drug-likeness (QED) is 0.495. The van der Waals surface area contributed by atoms with Gasteiger partial charge in [0.1, 0.15) is 0 Å². The lowest BCUT2D eigenvalue weighted by molar-refractivity contribution is -0.123. The highest BCUT2D eigenvalue weighted by molar-refractivity contribution is 6.30. The molecule has 152 valence electrons. The molecule has 1 saturated heterocycles. The van der Waals surface area contributed by atoms with Crippen LogP contribution in [0.2, 0.25) is 5.02 Å². The second kappa shape index (κ2) is 9.89. The van der Waals surface area contributed by atoms with Crippen molar-refractivity contribution in [3.05, 3.63) is 60.2 Å². The van der Waals surface area contributed by atoms with Gasteiger partial charge in [-0.1, -0.05) is 35.9 Å². The Morgan fingerprint density at radius 3 is 2.46 bits per heavy atom. The summed E-state index contributed by atoms with van der Waals surface area (Å²) in [6.07, 6.45) is 6.62. The van der Waals surface area contributed by atoms with Crippen LogP contribution < -0.4 is 10.6 Å². The van der Waals surface area contributed by atoms with Gasteiger partial charge in [0.15, 0.2) is 0 Å². The predicted molar refractivity (Wildman–Crippen MR) is 112 cm³/mol. The number of carbonyl (C=O) groups is 2. The summed E-state index contributed by atoms with van der Waals surface area (Å²) in [4.78, 5) is 24.2. The molecule has 2 rings (SSSR count). The molecule has 6 heteroatoms. The van der Waals surface area contributed by atoms with Crippen LogP contribution in [-0.2, 0) is 16.0 Å². The standard InChI is InChI=1S/C22H29ClN2O3/c1-3-11-22(28,12-4-2)16-24-19(26)9-13-21(14-10-20(27)25-21)15-17-5-7-18(23)8-6-17/h3-8,28H,1-2,9-16H2,(H,24,26)(H,25,27)/t21-/m0/s1. The summed E-state index contributed by atoms with van der Waals surface area (Å²) < 4.78 is 0. The molecule has 28 heavy (non-hydrogen) atoms. The number of carbonyl (C=O) groups excluding carboxylic acids is 2. The fourth-order valence-electron chi connectivity index (χ4n) is 3.64. The van der Waals surface area contributed by atoms with Crippen molar-refractivity contribution in [2.24, 2.45) is 0 Å². The molecular weight excluding hydrogens is 376 g/mol. The Balaban J connectivity index is 1.94. The van der Waals surface area contributed by atoms with E-state index in [1.165, 1.54) is 0 Å². The van der Waals surface area contributed by atoms with Crippen molar-refractivity contribution >= 4 is 23.4 Å². The van der Waals surface area contributed by atoms with Crippen molar-refractivity contribution in [1.29, 1.82) is 0 Å². The zero-order valence-corrected chi connectivity index (χ0v) is 16.9. The maximum atomic E-state index is 12.4. The van der Waals surface area contributed by atoms with Gasteiger partial charge in [0.2, 0.25) is 11.8 Å². The first kappa shape index (κ1) is 22.2. The summed E-state index contributed by atoms with van der Waals surface area (Å²) in [5.74, 6) is -0.135. The van der Waals surface area contributed by atoms with Gasteiger partial charge in [-0.25, -0.2) is 0 Å². The van der Waals surface area contributed by atoms with Gasteiger partial charge >= 0.3 is 0 Å². The Kier molecular flexibility index (Phi) is 7.84. The van der Waals surface area contributed by atoms with E-state index in [2.05, 4.69) is 23.8 Å². The Hall–Kier alpha value is -2.11. The first-order valence-corrected chi connectivity index (χ1v) is 9.94. The Labute approximate surface area is 171 Å². The highest BCUT2D eigenvalue weighted by Crippen LogP contribution is 2.30. The van der Waals surface area contributed by atoms with Crippen molar-refractivity contribution in [2.45, 2.75) is 56.1 Å². The summed E-state index contributed by atoms with van der Waals surface area (Å²) in [6, 6.07) is 7.54. The summed E-state index contributed by atoms with van der Waals surface area (Å²) in [5, 5.41) is 17.1. The number of halogens is 1. The summed E-state index contributed by atoms with van der Waals surface area (Å²) >= 11 is 5.95. The number of hydrogen-bond acceptors (Lipinski definition) is 3. The van der Waals surface area contributed by atoms with E-state index in [9.17, 15) is 14.7 Å². The SMILES string of the molecule is C=CCC(O)(CC=C)CNC(=O)CC[C@@]1(Cc2ccc(Cl)cc2)CCC(=O)N1. The Morgan fingerprint density at radius 2 is 1.93 bits per heavy atom. The van der Waals surface area contributed by atoms with Crippen molar-refractivity contribution in [2.75, 3.05) is 6.54 Å². The summed E-state index contributed by atoms with van der Waals surface area (Å²) in [7, 11) is 0. The maximum Gasteiger partial charge on any atom is 0.220 e. The third-order valence-electron chi connectivity index (χ3n) is 5.18. The minimum atomic E-state index is -1.07. The molecule has 1 aliphatic heterocycles. The molecule has 1 aromatic carbocycles. The predicted octanol–water partition coefficient (Wildman–Crippen LogP) is 3.31. The van der Waals surface area contributed by atoms with Crippen LogP contribution >= 0.6 is 11.6 Å². The Morgan fingerprint density at radius 1 is 1.29 bits per heavy atom. The minimum absolute atomic E-state index is 0.0145. The van der Waals surface area contributed by atoms with E-state index in [0.29, 0.717) is 43.5 Å². The molecule has 0 aromatic heterocycles. The Bertz CT molecular complexity index is 707. The molecule has 3 N–H and O–H groups in total. The zero-order chi connectivity index (χ0) is 20.6. The second-order valence-electron chi connectivity index (χ2n) is 7.62. The lowest BCUT2D eigenvalue weighted by Crippen LogP contribution is -2.46. The molecular formula is C22H29ClN2O3. The number of nitrogens with one attached hydrogen (secondary N) is 2. The summed E-state index contributed by atoms with van der Waals surface area (Å²) in [5.41, 5.74) is -0.430. The number of hydrogen-bond donors (Lipinski definition) is 3. The normalized spacial score (nSPS) is 19.1. The molecule has 0 radical (unpaired) electrons. The lowest BCUT2D eigenvalue weighted by atomic mass is 9.85. The van der Waals surface area contributed by atoms with E-state index in [1.54, 1.807) is 12.2 Å². The van der Waals surface area contributed by atoms with Crippen LogP contribution in [0, 0.1) is 0 Å². The lowest BCUT2D eigenvalue weighted by Gasteiger charge is -2.30. The molecule has 2 amide bonds. The van der Waals surface area contributed by atoms with Gasteiger partial charge in [0.25, 0.3) is 0 Å². The first-order chi connectivity index (χ1) is 13.3. The number of aliphatic hydroxyl groups is 1. The van der Waals surface area contributed by atoms with Crippen LogP contribution in [0.3, 0.4) is 0 Å². The average Bonchev–Trinajstić information content (AvgIpc) is 3.02. The highest BCUT2D eigenvalue weighted by Gasteiger charge is 2.38. The monoisotopic (exact) mass is 404 g/mol. The van der Waals surface area contributed by atoms with Gasteiger partial charge in [-0.05, 0) is 49.8 Å². The molecule has 5 nitrogen and oxygen atoms in total. The minimum Gasteiger partial charge on any atom is -0.387 e. The molecule has 0 bridgehead atoms.